The van der Waals surface area contributed by atoms with Crippen LogP contribution in [0.2, 0.25) is 0 Å². The van der Waals surface area contributed by atoms with Crippen LogP contribution in [0.4, 0.5) is 5.69 Å². The lowest BCUT2D eigenvalue weighted by molar-refractivity contribution is -0.123. The van der Waals surface area contributed by atoms with Crippen LogP contribution >= 0.6 is 69.6 Å². The Balaban J connectivity index is 1.89. The molecule has 5 nitrogen and oxygen atoms in total. The van der Waals surface area contributed by atoms with Crippen LogP contribution in [0.25, 0.3) is 0 Å². The summed E-state index contributed by atoms with van der Waals surface area (Å²) in [4.78, 5) is 23.9. The van der Waals surface area contributed by atoms with Crippen molar-refractivity contribution in [2.24, 2.45) is 11.8 Å². The maximum atomic E-state index is 13.3. The van der Waals surface area contributed by atoms with Gasteiger partial charge in [0.2, 0.25) is 11.8 Å². The molecule has 0 unspecified atom stereocenters. The number of fused-ring (bicyclic) bond motifs is 5. The minimum absolute atomic E-state index is 0.137. The van der Waals surface area contributed by atoms with Gasteiger partial charge in [0.05, 0.1) is 41.8 Å². The van der Waals surface area contributed by atoms with Crippen LogP contribution < -0.4 is 14.4 Å². The van der Waals surface area contributed by atoms with Gasteiger partial charge in [0.15, 0.2) is 4.33 Å². The molecular formula is C17H11Cl6NO4. The van der Waals surface area contributed by atoms with Crippen molar-refractivity contribution >= 4 is 87.1 Å². The van der Waals surface area contributed by atoms with Gasteiger partial charge in [-0.2, -0.15) is 0 Å². The Morgan fingerprint density at radius 3 is 1.82 bits per heavy atom. The van der Waals surface area contributed by atoms with Gasteiger partial charge < -0.3 is 9.47 Å². The van der Waals surface area contributed by atoms with Crippen LogP contribution in [-0.2, 0) is 9.59 Å². The van der Waals surface area contributed by atoms with Crippen LogP contribution in [0.1, 0.15) is 0 Å². The zero-order chi connectivity index (χ0) is 20.8. The van der Waals surface area contributed by atoms with Gasteiger partial charge in [0, 0.05) is 6.07 Å². The fourth-order valence-corrected chi connectivity index (χ4v) is 7.13. The summed E-state index contributed by atoms with van der Waals surface area (Å²) in [6.45, 7) is 0. The monoisotopic (exact) mass is 503 g/mol. The van der Waals surface area contributed by atoms with Gasteiger partial charge in [-0.05, 0) is 12.1 Å². The number of ether oxygens (including phenoxy) is 2. The second kappa shape index (κ2) is 6.22. The molecule has 0 aromatic heterocycles. The molecule has 4 atom stereocenters. The number of methoxy groups -OCH3 is 2. The number of hydrogen-bond donors (Lipinski definition) is 0. The smallest absolute Gasteiger partial charge is 0.240 e. The number of rotatable bonds is 3. The number of amides is 2. The van der Waals surface area contributed by atoms with Gasteiger partial charge in [-0.15, -0.1) is 23.2 Å². The highest BCUT2D eigenvalue weighted by Gasteiger charge is 2.87. The van der Waals surface area contributed by atoms with E-state index < -0.39 is 37.7 Å². The molecule has 0 N–H and O–H groups in total. The van der Waals surface area contributed by atoms with Crippen molar-refractivity contribution in [2.75, 3.05) is 19.1 Å². The molecule has 0 radical (unpaired) electrons. The fourth-order valence-electron chi connectivity index (χ4n) is 4.20. The van der Waals surface area contributed by atoms with E-state index >= 15 is 0 Å². The second-order valence-corrected chi connectivity index (χ2v) is 9.91. The molecule has 2 fully saturated rings. The fraction of sp³-hybridized carbons (Fsp3) is 0.412. The highest BCUT2D eigenvalue weighted by Crippen LogP contribution is 2.77. The first-order valence-corrected chi connectivity index (χ1v) is 10.2. The second-order valence-electron chi connectivity index (χ2n) is 6.63. The number of allylic oxidation sites excluding steroid dienone is 2. The molecule has 0 spiro atoms. The maximum absolute atomic E-state index is 13.3. The third kappa shape index (κ3) is 2.03. The predicted molar refractivity (Wildman–Crippen MR) is 109 cm³/mol. The number of benzene rings is 1. The summed E-state index contributed by atoms with van der Waals surface area (Å²) in [5.74, 6) is -2.97. The van der Waals surface area contributed by atoms with E-state index in [-0.39, 0.29) is 21.5 Å². The highest BCUT2D eigenvalue weighted by atomic mass is 35.5. The lowest BCUT2D eigenvalue weighted by Gasteiger charge is -2.34. The molecule has 1 heterocycles. The number of halogens is 6. The predicted octanol–water partition coefficient (Wildman–Crippen LogP) is 4.65. The summed E-state index contributed by atoms with van der Waals surface area (Å²) < 4.78 is 8.50. The van der Waals surface area contributed by atoms with Crippen molar-refractivity contribution < 1.29 is 19.1 Å². The Hall–Kier alpha value is -0.560. The zero-order valence-electron chi connectivity index (χ0n) is 14.2. The molecule has 28 heavy (non-hydrogen) atoms. The number of imide groups is 1. The first-order valence-electron chi connectivity index (χ1n) is 7.91. The third-order valence-electron chi connectivity index (χ3n) is 5.54. The van der Waals surface area contributed by atoms with Crippen molar-refractivity contribution in [3.63, 3.8) is 0 Å². The van der Waals surface area contributed by atoms with E-state index in [9.17, 15) is 9.59 Å². The van der Waals surface area contributed by atoms with Crippen molar-refractivity contribution in [2.45, 2.75) is 14.1 Å². The molecule has 3 aliphatic rings. The standard InChI is InChI=1S/C17H11Cl6NO4/c1-27-6-3-4-7(8(5-6)28-2)24-13(25)9-10(14(24)26)16(21)12(19)11(18)15(9,20)17(16,22)23/h3-5,9-10H,1-2H3/t9-,10-,15-,16-/m0/s1. The van der Waals surface area contributed by atoms with Gasteiger partial charge in [0.25, 0.3) is 0 Å². The largest absolute Gasteiger partial charge is 0.497 e. The first kappa shape index (κ1) is 20.7. The van der Waals surface area contributed by atoms with E-state index in [1.54, 1.807) is 6.07 Å². The van der Waals surface area contributed by atoms with Crippen LogP contribution in [0.5, 0.6) is 11.5 Å². The van der Waals surface area contributed by atoms with Crippen molar-refractivity contribution in [1.82, 2.24) is 0 Å². The molecule has 1 aromatic rings. The van der Waals surface area contributed by atoms with E-state index in [0.717, 1.165) is 4.90 Å². The van der Waals surface area contributed by atoms with E-state index in [1.165, 1.54) is 26.4 Å². The average Bonchev–Trinajstić information content (AvgIpc) is 3.05. The summed E-state index contributed by atoms with van der Waals surface area (Å²) in [5.41, 5.74) is 0.203. The lowest BCUT2D eigenvalue weighted by atomic mass is 9.84. The third-order valence-corrected chi connectivity index (χ3v) is 9.80. The van der Waals surface area contributed by atoms with Crippen LogP contribution in [0, 0.1) is 11.8 Å². The normalized spacial score (nSPS) is 35.6. The summed E-state index contributed by atoms with van der Waals surface area (Å²) >= 11 is 38.9. The Labute approximate surface area is 190 Å². The Bertz CT molecular complexity index is 919. The van der Waals surface area contributed by atoms with Crippen molar-refractivity contribution in [3.05, 3.63) is 28.3 Å². The molecule has 2 aliphatic carbocycles. The molecule has 150 valence electrons. The Kier molecular flexibility index (Phi) is 4.60. The Morgan fingerprint density at radius 1 is 0.893 bits per heavy atom. The molecule has 2 bridgehead atoms. The average molecular weight is 506 g/mol. The first-order chi connectivity index (χ1) is 13.0. The Morgan fingerprint density at radius 2 is 1.39 bits per heavy atom. The number of alkyl halides is 4. The van der Waals surface area contributed by atoms with E-state index in [1.807, 2.05) is 0 Å². The van der Waals surface area contributed by atoms with Gasteiger partial charge in [-0.25, -0.2) is 4.90 Å². The molecule has 1 saturated heterocycles. The summed E-state index contributed by atoms with van der Waals surface area (Å²) in [5, 5.41) is -0.274. The number of hydrogen-bond acceptors (Lipinski definition) is 4. The van der Waals surface area contributed by atoms with Gasteiger partial charge in [0.1, 0.15) is 21.2 Å². The molecule has 1 aromatic carbocycles. The van der Waals surface area contributed by atoms with E-state index in [2.05, 4.69) is 0 Å². The SMILES string of the molecule is COc1ccc(N2C(=O)[C@@H]3[C@@H](C2=O)[C@]2(Cl)C(Cl)=C(Cl)[C@]3(Cl)C2(Cl)Cl)c(OC)c1. The van der Waals surface area contributed by atoms with Crippen LogP contribution in [0.3, 0.4) is 0 Å². The van der Waals surface area contributed by atoms with Crippen molar-refractivity contribution in [3.8, 4) is 11.5 Å². The van der Waals surface area contributed by atoms with Crippen LogP contribution in [-0.4, -0.2) is 40.1 Å². The molecule has 1 saturated carbocycles. The van der Waals surface area contributed by atoms with Gasteiger partial charge in [-0.1, -0.05) is 46.4 Å². The minimum Gasteiger partial charge on any atom is -0.497 e. The molecule has 4 rings (SSSR count). The molecule has 1 aliphatic heterocycles. The molecular weight excluding hydrogens is 495 g/mol. The minimum atomic E-state index is -1.96. The van der Waals surface area contributed by atoms with Gasteiger partial charge >= 0.3 is 0 Å². The number of carbonyl (C=O) groups is 2. The topological polar surface area (TPSA) is 55.8 Å². The van der Waals surface area contributed by atoms with Crippen LogP contribution in [0.15, 0.2) is 28.3 Å². The number of carbonyl (C=O) groups excluding carboxylic acids is 2. The summed E-state index contributed by atoms with van der Waals surface area (Å²) in [6, 6.07) is 4.64. The lowest BCUT2D eigenvalue weighted by Crippen LogP contribution is -2.50. The van der Waals surface area contributed by atoms with Gasteiger partial charge in [-0.3, -0.25) is 9.59 Å². The zero-order valence-corrected chi connectivity index (χ0v) is 18.8. The summed E-state index contributed by atoms with van der Waals surface area (Å²) in [6.07, 6.45) is 0. The number of anilines is 1. The van der Waals surface area contributed by atoms with E-state index in [4.69, 9.17) is 79.1 Å². The molecule has 11 heteroatoms. The summed E-state index contributed by atoms with van der Waals surface area (Å²) in [7, 11) is 2.88. The number of nitrogens with zero attached hydrogens (tertiary/aromatic N) is 1. The maximum Gasteiger partial charge on any atom is 0.240 e. The molecule has 2 amide bonds. The highest BCUT2D eigenvalue weighted by molar-refractivity contribution is 6.67. The van der Waals surface area contributed by atoms with E-state index in [0.29, 0.717) is 5.75 Å². The quantitative estimate of drug-likeness (QED) is 0.443. The van der Waals surface area contributed by atoms with Crippen molar-refractivity contribution in [1.29, 1.82) is 0 Å².